The Morgan fingerprint density at radius 3 is 2.52 bits per heavy atom. The van der Waals surface area contributed by atoms with Crippen LogP contribution in [0.4, 0.5) is 4.39 Å². The van der Waals surface area contributed by atoms with Crippen LogP contribution in [0.3, 0.4) is 0 Å². The molecule has 0 amide bonds. The number of ether oxygens (including phenoxy) is 1. The Balaban J connectivity index is 2.05. The highest BCUT2D eigenvalue weighted by molar-refractivity contribution is 6.35. The lowest BCUT2D eigenvalue weighted by Gasteiger charge is -2.29. The van der Waals surface area contributed by atoms with Crippen LogP contribution in [-0.2, 0) is 14.3 Å². The summed E-state index contributed by atoms with van der Waals surface area (Å²) in [5.41, 5.74) is 2.08. The molecule has 0 N–H and O–H groups in total. The smallest absolute Gasteiger partial charge is 0.317 e. The van der Waals surface area contributed by atoms with Gasteiger partial charge in [0, 0.05) is 16.0 Å². The van der Waals surface area contributed by atoms with Gasteiger partial charge in [0.1, 0.15) is 11.7 Å². The van der Waals surface area contributed by atoms with Gasteiger partial charge in [-0.1, -0.05) is 41.4 Å². The molecule has 2 atom stereocenters. The van der Waals surface area contributed by atoms with Crippen LogP contribution in [0, 0.1) is 11.7 Å². The number of halogens is 3. The van der Waals surface area contributed by atoms with E-state index in [-0.39, 0.29) is 18.2 Å². The molecule has 0 radical (unpaired) electrons. The Labute approximate surface area is 166 Å². The third-order valence-electron chi connectivity index (χ3n) is 4.58. The number of esters is 1. The van der Waals surface area contributed by atoms with Crippen LogP contribution in [0.15, 0.2) is 48.5 Å². The zero-order valence-corrected chi connectivity index (χ0v) is 16.1. The second-order valence-electron chi connectivity index (χ2n) is 6.29. The van der Waals surface area contributed by atoms with Crippen molar-refractivity contribution < 1.29 is 18.7 Å². The molecule has 1 aliphatic rings. The zero-order valence-electron chi connectivity index (χ0n) is 14.5. The molecule has 140 valence electrons. The normalized spacial score (nSPS) is 19.6. The molecular weight excluding hydrogens is 390 g/mol. The molecule has 0 saturated carbocycles. The molecule has 0 heterocycles. The van der Waals surface area contributed by atoms with Crippen LogP contribution >= 0.6 is 23.2 Å². The Kier molecular flexibility index (Phi) is 5.98. The summed E-state index contributed by atoms with van der Waals surface area (Å²) in [4.78, 5) is 25.2. The van der Waals surface area contributed by atoms with Crippen molar-refractivity contribution in [1.29, 1.82) is 0 Å². The van der Waals surface area contributed by atoms with E-state index < -0.39 is 17.8 Å². The quantitative estimate of drug-likeness (QED) is 0.500. The highest BCUT2D eigenvalue weighted by Gasteiger charge is 2.40. The molecule has 0 spiro atoms. The summed E-state index contributed by atoms with van der Waals surface area (Å²) in [7, 11) is 0. The van der Waals surface area contributed by atoms with Crippen LogP contribution < -0.4 is 0 Å². The summed E-state index contributed by atoms with van der Waals surface area (Å²) in [6.07, 6.45) is 1.83. The molecule has 27 heavy (non-hydrogen) atoms. The van der Waals surface area contributed by atoms with Crippen LogP contribution in [-0.4, -0.2) is 18.4 Å². The molecule has 0 aromatic heterocycles. The van der Waals surface area contributed by atoms with Crippen molar-refractivity contribution in [3.8, 4) is 0 Å². The lowest BCUT2D eigenvalue weighted by molar-refractivity contribution is -0.151. The molecule has 0 saturated heterocycles. The lowest BCUT2D eigenvalue weighted by atomic mass is 9.73. The summed E-state index contributed by atoms with van der Waals surface area (Å²) in [6, 6.07) is 10.9. The third-order valence-corrected chi connectivity index (χ3v) is 5.13. The number of hydrogen-bond acceptors (Lipinski definition) is 3. The van der Waals surface area contributed by atoms with Gasteiger partial charge in [-0.25, -0.2) is 4.39 Å². The molecule has 2 aromatic rings. The first-order valence-corrected chi connectivity index (χ1v) is 9.28. The van der Waals surface area contributed by atoms with Crippen molar-refractivity contribution in [1.82, 2.24) is 0 Å². The summed E-state index contributed by atoms with van der Waals surface area (Å²) in [5, 5.41) is 0.917. The largest absolute Gasteiger partial charge is 0.465 e. The van der Waals surface area contributed by atoms with Gasteiger partial charge in [-0.15, -0.1) is 0 Å². The van der Waals surface area contributed by atoms with Gasteiger partial charge in [0.05, 0.1) is 6.61 Å². The Morgan fingerprint density at radius 1 is 1.19 bits per heavy atom. The number of allylic oxidation sites excluding steroid dienone is 2. The number of carbonyl (C=O) groups excluding carboxylic acids is 2. The van der Waals surface area contributed by atoms with E-state index in [9.17, 15) is 14.0 Å². The number of hydrogen-bond donors (Lipinski definition) is 0. The molecule has 0 fully saturated rings. The first-order valence-electron chi connectivity index (χ1n) is 8.52. The predicted octanol–water partition coefficient (Wildman–Crippen LogP) is 5.45. The van der Waals surface area contributed by atoms with Gasteiger partial charge >= 0.3 is 5.97 Å². The fourth-order valence-electron chi connectivity index (χ4n) is 3.34. The van der Waals surface area contributed by atoms with Gasteiger partial charge in [0.15, 0.2) is 5.78 Å². The van der Waals surface area contributed by atoms with E-state index in [0.29, 0.717) is 33.2 Å². The van der Waals surface area contributed by atoms with Crippen LogP contribution in [0.5, 0.6) is 0 Å². The molecule has 0 bridgehead atoms. The van der Waals surface area contributed by atoms with E-state index in [0.717, 1.165) is 0 Å². The minimum atomic E-state index is -0.967. The fraction of sp³-hybridized carbons (Fsp3) is 0.238. The van der Waals surface area contributed by atoms with E-state index >= 15 is 0 Å². The molecule has 6 heteroatoms. The lowest BCUT2D eigenvalue weighted by Crippen LogP contribution is -2.34. The minimum Gasteiger partial charge on any atom is -0.465 e. The van der Waals surface area contributed by atoms with Crippen molar-refractivity contribution >= 4 is 40.5 Å². The Bertz CT molecular complexity index is 906. The number of benzene rings is 2. The van der Waals surface area contributed by atoms with Gasteiger partial charge in [-0.05, 0) is 60.4 Å². The van der Waals surface area contributed by atoms with Gasteiger partial charge < -0.3 is 4.74 Å². The van der Waals surface area contributed by atoms with E-state index in [1.54, 1.807) is 37.3 Å². The second-order valence-corrected chi connectivity index (χ2v) is 7.13. The maximum atomic E-state index is 13.3. The van der Waals surface area contributed by atoms with E-state index in [4.69, 9.17) is 27.9 Å². The summed E-state index contributed by atoms with van der Waals surface area (Å²) in [6.45, 7) is 1.87. The standard InChI is InChI=1S/C21H17Cl2FO3/c1-2-27-21(26)20-17(12-3-6-15(24)7-4-12)9-13(10-19(20)25)16-8-5-14(22)11-18(16)23/h3-8,10-11,17,20H,2,9H2,1H3. The fourth-order valence-corrected chi connectivity index (χ4v) is 3.87. The monoisotopic (exact) mass is 406 g/mol. The molecular formula is C21H17Cl2FO3. The summed E-state index contributed by atoms with van der Waals surface area (Å²) in [5.74, 6) is -2.75. The van der Waals surface area contributed by atoms with E-state index in [1.807, 2.05) is 0 Å². The highest BCUT2D eigenvalue weighted by atomic mass is 35.5. The average molecular weight is 407 g/mol. The average Bonchev–Trinajstić information content (AvgIpc) is 2.61. The number of ketones is 1. The maximum absolute atomic E-state index is 13.3. The van der Waals surface area contributed by atoms with E-state index in [2.05, 4.69) is 0 Å². The van der Waals surface area contributed by atoms with Gasteiger partial charge in [-0.3, -0.25) is 9.59 Å². The van der Waals surface area contributed by atoms with Crippen molar-refractivity contribution in [3.63, 3.8) is 0 Å². The van der Waals surface area contributed by atoms with Crippen molar-refractivity contribution in [2.75, 3.05) is 6.61 Å². The van der Waals surface area contributed by atoms with Crippen LogP contribution in [0.25, 0.3) is 5.57 Å². The number of rotatable bonds is 4. The van der Waals surface area contributed by atoms with Crippen LogP contribution in [0.2, 0.25) is 10.0 Å². The Morgan fingerprint density at radius 2 is 1.89 bits per heavy atom. The molecule has 3 nitrogen and oxygen atoms in total. The second kappa shape index (κ2) is 8.24. The minimum absolute atomic E-state index is 0.179. The van der Waals surface area contributed by atoms with Crippen LogP contribution in [0.1, 0.15) is 30.4 Å². The molecule has 1 aliphatic carbocycles. The molecule has 3 rings (SSSR count). The first-order chi connectivity index (χ1) is 12.9. The van der Waals surface area contributed by atoms with Crippen molar-refractivity contribution in [2.24, 2.45) is 5.92 Å². The molecule has 0 aliphatic heterocycles. The first kappa shape index (κ1) is 19.6. The topological polar surface area (TPSA) is 43.4 Å². The molecule has 2 aromatic carbocycles. The molecule has 2 unspecified atom stereocenters. The van der Waals surface area contributed by atoms with Gasteiger partial charge in [0.2, 0.25) is 0 Å². The van der Waals surface area contributed by atoms with E-state index in [1.165, 1.54) is 18.2 Å². The maximum Gasteiger partial charge on any atom is 0.317 e. The van der Waals surface area contributed by atoms with Gasteiger partial charge in [-0.2, -0.15) is 0 Å². The zero-order chi connectivity index (χ0) is 19.6. The summed E-state index contributed by atoms with van der Waals surface area (Å²) >= 11 is 12.3. The van der Waals surface area contributed by atoms with Gasteiger partial charge in [0.25, 0.3) is 0 Å². The van der Waals surface area contributed by atoms with Crippen molar-refractivity contribution in [2.45, 2.75) is 19.3 Å². The highest BCUT2D eigenvalue weighted by Crippen LogP contribution is 2.42. The SMILES string of the molecule is CCOC(=O)C1C(=O)C=C(c2ccc(Cl)cc2Cl)CC1c1ccc(F)cc1. The van der Waals surface area contributed by atoms with Crippen molar-refractivity contribution in [3.05, 3.63) is 75.5 Å². The third kappa shape index (κ3) is 4.23. The predicted molar refractivity (Wildman–Crippen MR) is 103 cm³/mol. The Hall–Kier alpha value is -2.17. The summed E-state index contributed by atoms with van der Waals surface area (Å²) < 4.78 is 18.4. The number of carbonyl (C=O) groups is 2.